The number of aromatic nitrogens is 3. The zero-order chi connectivity index (χ0) is 16.6. The van der Waals surface area contributed by atoms with Gasteiger partial charge in [-0.05, 0) is 12.1 Å². The maximum absolute atomic E-state index is 10.6. The van der Waals surface area contributed by atoms with Crippen LogP contribution in [0.5, 0.6) is 0 Å². The van der Waals surface area contributed by atoms with Crippen molar-refractivity contribution in [2.24, 2.45) is 0 Å². The lowest BCUT2D eigenvalue weighted by atomic mass is 9.94. The topological polar surface area (TPSA) is 156 Å². The Kier molecular flexibility index (Phi) is 3.97. The van der Waals surface area contributed by atoms with E-state index in [1.165, 1.54) is 10.8 Å². The fourth-order valence-corrected chi connectivity index (χ4v) is 2.97. The monoisotopic (exact) mass is 338 g/mol. The van der Waals surface area contributed by atoms with Crippen molar-refractivity contribution in [3.63, 3.8) is 0 Å². The third-order valence-corrected chi connectivity index (χ3v) is 4.08. The summed E-state index contributed by atoms with van der Waals surface area (Å²) in [6, 6.07) is 5.16. The van der Waals surface area contributed by atoms with Crippen LogP contribution in [0, 0.1) is 11.3 Å². The molecule has 1 fully saturated rings. The van der Waals surface area contributed by atoms with Gasteiger partial charge in [0.1, 0.15) is 30.6 Å². The second kappa shape index (κ2) is 5.81. The van der Waals surface area contributed by atoms with E-state index in [-0.39, 0.29) is 18.8 Å². The lowest BCUT2D eigenvalue weighted by Gasteiger charge is -2.24. The molecule has 4 N–H and O–H groups in total. The predicted octanol–water partition coefficient (Wildman–Crippen LogP) is -0.154. The van der Waals surface area contributed by atoms with E-state index in [1.54, 1.807) is 12.1 Å². The van der Waals surface area contributed by atoms with Gasteiger partial charge in [0.25, 0.3) is 0 Å². The Morgan fingerprint density at radius 1 is 1.65 bits per heavy atom. The van der Waals surface area contributed by atoms with Crippen LogP contribution in [0.2, 0.25) is 0 Å². The number of anilines is 1. The van der Waals surface area contributed by atoms with Gasteiger partial charge in [0.05, 0.1) is 11.8 Å². The van der Waals surface area contributed by atoms with Crippen LogP contribution in [0.3, 0.4) is 0 Å². The Balaban J connectivity index is 1.99. The lowest BCUT2D eigenvalue weighted by Crippen LogP contribution is -2.36. The van der Waals surface area contributed by atoms with Gasteiger partial charge in [-0.15, -0.1) is 9.42 Å². The highest BCUT2D eigenvalue weighted by molar-refractivity contribution is 7.32. The van der Waals surface area contributed by atoms with E-state index in [4.69, 9.17) is 15.4 Å². The molecule has 0 saturated carbocycles. The van der Waals surface area contributed by atoms with Crippen molar-refractivity contribution in [2.75, 3.05) is 12.3 Å². The summed E-state index contributed by atoms with van der Waals surface area (Å²) in [6.07, 6.45) is -0.563. The molecule has 11 heteroatoms. The molecule has 2 aromatic heterocycles. The van der Waals surface area contributed by atoms with Crippen LogP contribution in [0.25, 0.3) is 5.52 Å². The minimum Gasteiger partial charge on any atom is -0.388 e. The first-order valence-corrected chi connectivity index (χ1v) is 7.76. The number of hydrogen-bond acceptors (Lipinski definition) is 8. The van der Waals surface area contributed by atoms with E-state index >= 15 is 0 Å². The average molecular weight is 338 g/mol. The Morgan fingerprint density at radius 3 is 3.13 bits per heavy atom. The van der Waals surface area contributed by atoms with Gasteiger partial charge in [-0.3, -0.25) is 0 Å². The molecule has 3 heterocycles. The molecule has 1 saturated heterocycles. The SMILES string of the molecule is N#C[C@@]1(c2ccc3c(N)ncnn23)O[C@H](CO[P+](=O)O)C[C@H]1O. The molecule has 23 heavy (non-hydrogen) atoms. The summed E-state index contributed by atoms with van der Waals surface area (Å²) in [5.74, 6) is 0.226. The number of rotatable bonds is 4. The molecule has 120 valence electrons. The first-order chi connectivity index (χ1) is 11.0. The van der Waals surface area contributed by atoms with E-state index in [2.05, 4.69) is 14.6 Å². The Bertz CT molecular complexity index is 805. The molecular weight excluding hydrogens is 325 g/mol. The van der Waals surface area contributed by atoms with Gasteiger partial charge in [-0.1, -0.05) is 0 Å². The van der Waals surface area contributed by atoms with Gasteiger partial charge < -0.3 is 15.6 Å². The third kappa shape index (κ3) is 2.55. The Hall–Kier alpha value is -2.15. The highest BCUT2D eigenvalue weighted by Gasteiger charge is 2.52. The van der Waals surface area contributed by atoms with E-state index in [0.29, 0.717) is 11.2 Å². The molecule has 3 rings (SSSR count). The number of nitrogens with zero attached hydrogens (tertiary/aromatic N) is 4. The summed E-state index contributed by atoms with van der Waals surface area (Å²) in [5, 5.41) is 24.0. The molecule has 1 aliphatic heterocycles. The second-order valence-electron chi connectivity index (χ2n) is 5.03. The summed E-state index contributed by atoms with van der Waals surface area (Å²) in [7, 11) is -2.78. The molecule has 0 amide bonds. The summed E-state index contributed by atoms with van der Waals surface area (Å²) < 4.78 is 22.3. The van der Waals surface area contributed by atoms with Crippen molar-refractivity contribution in [3.8, 4) is 6.07 Å². The van der Waals surface area contributed by atoms with Crippen LogP contribution in [0.4, 0.5) is 5.82 Å². The van der Waals surface area contributed by atoms with Gasteiger partial charge in [0.15, 0.2) is 5.82 Å². The number of aliphatic hydroxyl groups excluding tert-OH is 1. The fourth-order valence-electron chi connectivity index (χ4n) is 2.68. The number of ether oxygens (including phenoxy) is 1. The largest absolute Gasteiger partial charge is 0.694 e. The fraction of sp³-hybridized carbons (Fsp3) is 0.417. The summed E-state index contributed by atoms with van der Waals surface area (Å²) in [5.41, 5.74) is 4.86. The van der Waals surface area contributed by atoms with Gasteiger partial charge in [0, 0.05) is 11.0 Å². The zero-order valence-electron chi connectivity index (χ0n) is 11.7. The minimum atomic E-state index is -2.78. The maximum atomic E-state index is 10.6. The molecular formula is C12H13N5O5P+. The van der Waals surface area contributed by atoms with E-state index < -0.39 is 26.1 Å². The Morgan fingerprint density at radius 2 is 2.43 bits per heavy atom. The summed E-state index contributed by atoms with van der Waals surface area (Å²) in [6.45, 7) is -0.216. The lowest BCUT2D eigenvalue weighted by molar-refractivity contribution is -0.0604. The van der Waals surface area contributed by atoms with Gasteiger partial charge in [-0.2, -0.15) is 10.4 Å². The molecule has 0 spiro atoms. The molecule has 2 aromatic rings. The highest BCUT2D eigenvalue weighted by atomic mass is 31.1. The summed E-state index contributed by atoms with van der Waals surface area (Å²) in [4.78, 5) is 12.5. The number of nitriles is 1. The normalized spacial score (nSPS) is 28.0. The number of aliphatic hydroxyl groups is 1. The van der Waals surface area contributed by atoms with Crippen LogP contribution in [0.15, 0.2) is 18.5 Å². The molecule has 4 atom stereocenters. The molecule has 1 aliphatic rings. The third-order valence-electron chi connectivity index (χ3n) is 3.71. The van der Waals surface area contributed by atoms with Crippen molar-refractivity contribution in [1.29, 1.82) is 5.26 Å². The van der Waals surface area contributed by atoms with Crippen molar-refractivity contribution >= 4 is 19.6 Å². The van der Waals surface area contributed by atoms with Crippen molar-refractivity contribution in [3.05, 3.63) is 24.2 Å². The standard InChI is InChI=1S/C12H12N5O5P/c13-5-12(10(18)3-7(22-12)4-21-23(19)20)9-2-1-8-11(14)15-6-16-17(8)9/h1-2,6-7,10,18H,3-4H2,(H2-,14,15,16,19,20)/p+1/t7-,10+,12-/m0/s1. The first kappa shape index (κ1) is 15.7. The summed E-state index contributed by atoms with van der Waals surface area (Å²) >= 11 is 0. The van der Waals surface area contributed by atoms with Crippen LogP contribution in [-0.2, 0) is 19.4 Å². The molecule has 1 unspecified atom stereocenters. The average Bonchev–Trinajstić information content (AvgIpc) is 3.08. The van der Waals surface area contributed by atoms with Crippen molar-refractivity contribution in [2.45, 2.75) is 24.2 Å². The van der Waals surface area contributed by atoms with E-state index in [0.717, 1.165) is 0 Å². The molecule has 10 nitrogen and oxygen atoms in total. The van der Waals surface area contributed by atoms with Gasteiger partial charge in [0.2, 0.25) is 5.60 Å². The Labute approximate surface area is 131 Å². The van der Waals surface area contributed by atoms with Crippen molar-refractivity contribution in [1.82, 2.24) is 14.6 Å². The quantitative estimate of drug-likeness (QED) is 0.645. The van der Waals surface area contributed by atoms with Crippen LogP contribution in [-0.4, -0.2) is 43.4 Å². The number of hydrogen-bond donors (Lipinski definition) is 3. The predicted molar refractivity (Wildman–Crippen MR) is 76.0 cm³/mol. The van der Waals surface area contributed by atoms with E-state index in [9.17, 15) is 14.9 Å². The van der Waals surface area contributed by atoms with Crippen LogP contribution < -0.4 is 5.73 Å². The van der Waals surface area contributed by atoms with Crippen LogP contribution in [0.1, 0.15) is 12.1 Å². The molecule has 0 aliphatic carbocycles. The van der Waals surface area contributed by atoms with Gasteiger partial charge in [-0.25, -0.2) is 9.50 Å². The van der Waals surface area contributed by atoms with Gasteiger partial charge >= 0.3 is 8.25 Å². The molecule has 0 aromatic carbocycles. The number of nitrogen functional groups attached to an aromatic ring is 1. The van der Waals surface area contributed by atoms with Crippen molar-refractivity contribution < 1.29 is 23.8 Å². The second-order valence-corrected chi connectivity index (χ2v) is 5.77. The maximum Gasteiger partial charge on any atom is 0.694 e. The van der Waals surface area contributed by atoms with Crippen LogP contribution >= 0.6 is 8.25 Å². The number of fused-ring (bicyclic) bond motifs is 1. The minimum absolute atomic E-state index is 0.0739. The highest BCUT2D eigenvalue weighted by Crippen LogP contribution is 2.40. The zero-order valence-corrected chi connectivity index (χ0v) is 12.6. The first-order valence-electron chi connectivity index (χ1n) is 6.63. The smallest absolute Gasteiger partial charge is 0.388 e. The molecule has 0 radical (unpaired) electrons. The number of nitrogens with two attached hydrogens (primary N) is 1. The van der Waals surface area contributed by atoms with E-state index in [1.807, 2.05) is 6.07 Å². The molecule has 0 bridgehead atoms.